The third-order valence-corrected chi connectivity index (χ3v) is 3.75. The van der Waals surface area contributed by atoms with E-state index in [1.165, 1.54) is 19.3 Å². The van der Waals surface area contributed by atoms with Gasteiger partial charge in [0.05, 0.1) is 0 Å². The molecule has 4 aliphatic carbocycles. The molecular formula is C9H12O. The van der Waals surface area contributed by atoms with Crippen LogP contribution in [0, 0.1) is 17.3 Å². The van der Waals surface area contributed by atoms with Crippen molar-refractivity contribution in [3.63, 3.8) is 0 Å². The maximum absolute atomic E-state index is 8.99. The lowest BCUT2D eigenvalue weighted by molar-refractivity contribution is 0.105. The molecule has 0 aromatic heterocycles. The predicted octanol–water partition coefficient (Wildman–Crippen LogP) is 1.33. The van der Waals surface area contributed by atoms with Crippen LogP contribution in [0.25, 0.3) is 0 Å². The molecule has 0 heterocycles. The Labute approximate surface area is 60.7 Å². The molecule has 2 fully saturated rings. The van der Waals surface area contributed by atoms with Gasteiger partial charge < -0.3 is 5.11 Å². The monoisotopic (exact) mass is 136 g/mol. The predicted molar refractivity (Wildman–Crippen MR) is 38.4 cm³/mol. The van der Waals surface area contributed by atoms with Gasteiger partial charge in [0.25, 0.3) is 0 Å². The van der Waals surface area contributed by atoms with Gasteiger partial charge in [0.1, 0.15) is 0 Å². The Bertz CT molecular complexity index is 213. The van der Waals surface area contributed by atoms with E-state index in [0.29, 0.717) is 17.9 Å². The second-order valence-electron chi connectivity index (χ2n) is 3.95. The van der Waals surface area contributed by atoms with Gasteiger partial charge in [-0.25, -0.2) is 0 Å². The minimum atomic E-state index is 0.401. The standard InChI is InChI=1S/C9H12O/c10-5-6-7-1-2-8(6)9(7)3-4-9/h1,6,8,10H,2-5H2. The highest BCUT2D eigenvalue weighted by Gasteiger charge is 2.66. The van der Waals surface area contributed by atoms with Crippen molar-refractivity contribution in [2.75, 3.05) is 6.61 Å². The first-order valence-corrected chi connectivity index (χ1v) is 4.20. The van der Waals surface area contributed by atoms with Crippen molar-refractivity contribution in [2.45, 2.75) is 19.3 Å². The van der Waals surface area contributed by atoms with E-state index in [-0.39, 0.29) is 0 Å². The first-order valence-electron chi connectivity index (χ1n) is 4.20. The van der Waals surface area contributed by atoms with Crippen molar-refractivity contribution in [3.8, 4) is 0 Å². The van der Waals surface area contributed by atoms with Crippen LogP contribution in [0.5, 0.6) is 0 Å². The number of allylic oxidation sites excluding steroid dienone is 1. The molecule has 2 saturated carbocycles. The highest BCUT2D eigenvalue weighted by atomic mass is 16.3. The largest absolute Gasteiger partial charge is 0.396 e. The maximum Gasteiger partial charge on any atom is 0.0499 e. The summed E-state index contributed by atoms with van der Waals surface area (Å²) in [5, 5.41) is 8.99. The van der Waals surface area contributed by atoms with E-state index >= 15 is 0 Å². The van der Waals surface area contributed by atoms with Gasteiger partial charge >= 0.3 is 0 Å². The van der Waals surface area contributed by atoms with E-state index in [1.807, 2.05) is 0 Å². The van der Waals surface area contributed by atoms with Crippen LogP contribution in [0.2, 0.25) is 0 Å². The van der Waals surface area contributed by atoms with Crippen molar-refractivity contribution in [3.05, 3.63) is 11.6 Å². The van der Waals surface area contributed by atoms with E-state index < -0.39 is 0 Å². The van der Waals surface area contributed by atoms with E-state index in [1.54, 1.807) is 5.57 Å². The average Bonchev–Trinajstić information content (AvgIpc) is 2.53. The smallest absolute Gasteiger partial charge is 0.0499 e. The molecule has 1 nitrogen and oxygen atoms in total. The summed E-state index contributed by atoms with van der Waals surface area (Å²) in [4.78, 5) is 0. The Hall–Kier alpha value is -0.300. The van der Waals surface area contributed by atoms with Crippen LogP contribution in [0.3, 0.4) is 0 Å². The van der Waals surface area contributed by atoms with Gasteiger partial charge in [-0.05, 0) is 30.6 Å². The highest BCUT2D eigenvalue weighted by Crippen LogP contribution is 2.74. The highest BCUT2D eigenvalue weighted by molar-refractivity contribution is 5.42. The zero-order chi connectivity index (χ0) is 6.77. The molecule has 4 aliphatic rings. The Kier molecular flexibility index (Phi) is 0.713. The molecule has 0 radical (unpaired) electrons. The van der Waals surface area contributed by atoms with E-state index in [0.717, 1.165) is 5.92 Å². The summed E-state index contributed by atoms with van der Waals surface area (Å²) < 4.78 is 0. The Morgan fingerprint density at radius 1 is 1.60 bits per heavy atom. The molecule has 2 bridgehead atoms. The van der Waals surface area contributed by atoms with Gasteiger partial charge in [-0.15, -0.1) is 0 Å². The average molecular weight is 136 g/mol. The Morgan fingerprint density at radius 2 is 2.40 bits per heavy atom. The minimum Gasteiger partial charge on any atom is -0.396 e. The summed E-state index contributed by atoms with van der Waals surface area (Å²) in [6, 6.07) is 0. The van der Waals surface area contributed by atoms with Crippen molar-refractivity contribution < 1.29 is 5.11 Å². The Morgan fingerprint density at radius 3 is 2.80 bits per heavy atom. The number of rotatable bonds is 1. The van der Waals surface area contributed by atoms with Gasteiger partial charge in [0, 0.05) is 12.5 Å². The number of fused-ring (bicyclic) bond motifs is 1. The van der Waals surface area contributed by atoms with Crippen molar-refractivity contribution in [1.82, 2.24) is 0 Å². The lowest BCUT2D eigenvalue weighted by Gasteiger charge is -2.42. The zero-order valence-corrected chi connectivity index (χ0v) is 6.01. The van der Waals surface area contributed by atoms with Gasteiger partial charge in [-0.2, -0.15) is 0 Å². The van der Waals surface area contributed by atoms with Crippen LogP contribution in [-0.2, 0) is 0 Å². The molecule has 0 aliphatic heterocycles. The van der Waals surface area contributed by atoms with E-state index in [9.17, 15) is 0 Å². The molecule has 0 aromatic rings. The Balaban J connectivity index is 1.96. The molecule has 54 valence electrons. The molecule has 1 N–H and O–H groups in total. The normalized spacial score (nSPS) is 45.1. The molecule has 0 saturated heterocycles. The molecule has 1 spiro atoms. The van der Waals surface area contributed by atoms with E-state index in [2.05, 4.69) is 6.08 Å². The lowest BCUT2D eigenvalue weighted by Crippen LogP contribution is -2.38. The van der Waals surface area contributed by atoms with Crippen molar-refractivity contribution in [1.29, 1.82) is 0 Å². The third kappa shape index (κ3) is 0.344. The number of hydrogen-bond donors (Lipinski definition) is 1. The van der Waals surface area contributed by atoms with Crippen LogP contribution in [-0.4, -0.2) is 11.7 Å². The summed E-state index contributed by atoms with van der Waals surface area (Å²) >= 11 is 0. The third-order valence-electron chi connectivity index (χ3n) is 3.75. The van der Waals surface area contributed by atoms with Gasteiger partial charge in [-0.3, -0.25) is 0 Å². The molecule has 4 rings (SSSR count). The van der Waals surface area contributed by atoms with Crippen LogP contribution in [0.1, 0.15) is 19.3 Å². The molecule has 0 aromatic carbocycles. The number of aliphatic hydroxyl groups is 1. The summed E-state index contributed by atoms with van der Waals surface area (Å²) in [6.45, 7) is 0.401. The van der Waals surface area contributed by atoms with Crippen molar-refractivity contribution in [2.24, 2.45) is 17.3 Å². The van der Waals surface area contributed by atoms with E-state index in [4.69, 9.17) is 5.11 Å². The number of hydrogen-bond acceptors (Lipinski definition) is 1. The van der Waals surface area contributed by atoms with Crippen LogP contribution < -0.4 is 0 Å². The second kappa shape index (κ2) is 1.33. The summed E-state index contributed by atoms with van der Waals surface area (Å²) in [5.74, 6) is 1.44. The fourth-order valence-corrected chi connectivity index (χ4v) is 3.11. The molecule has 1 heteroatoms. The summed E-state index contributed by atoms with van der Waals surface area (Å²) in [7, 11) is 0. The number of aliphatic hydroxyl groups excluding tert-OH is 1. The summed E-state index contributed by atoms with van der Waals surface area (Å²) in [6.07, 6.45) is 6.47. The fraction of sp³-hybridized carbons (Fsp3) is 0.778. The molecule has 0 amide bonds. The molecule has 2 unspecified atom stereocenters. The van der Waals surface area contributed by atoms with Gasteiger partial charge in [0.2, 0.25) is 0 Å². The van der Waals surface area contributed by atoms with Crippen LogP contribution in [0.4, 0.5) is 0 Å². The van der Waals surface area contributed by atoms with Crippen LogP contribution >= 0.6 is 0 Å². The van der Waals surface area contributed by atoms with Crippen LogP contribution in [0.15, 0.2) is 11.6 Å². The molecular weight excluding hydrogens is 124 g/mol. The SMILES string of the molecule is OCC1C2=CCC1C21CC1. The van der Waals surface area contributed by atoms with Crippen molar-refractivity contribution >= 4 is 0 Å². The fourth-order valence-electron chi connectivity index (χ4n) is 3.11. The first-order chi connectivity index (χ1) is 4.88. The molecule has 10 heavy (non-hydrogen) atoms. The minimum absolute atomic E-state index is 0.401. The zero-order valence-electron chi connectivity index (χ0n) is 6.01. The maximum atomic E-state index is 8.99. The quantitative estimate of drug-likeness (QED) is 0.539. The lowest BCUT2D eigenvalue weighted by atomic mass is 9.63. The summed E-state index contributed by atoms with van der Waals surface area (Å²) in [5.41, 5.74) is 2.29. The molecule has 2 atom stereocenters. The van der Waals surface area contributed by atoms with Gasteiger partial charge in [0.15, 0.2) is 0 Å². The second-order valence-corrected chi connectivity index (χ2v) is 3.95. The first kappa shape index (κ1) is 5.36. The topological polar surface area (TPSA) is 20.2 Å². The van der Waals surface area contributed by atoms with Gasteiger partial charge in [-0.1, -0.05) is 11.6 Å².